The highest BCUT2D eigenvalue weighted by molar-refractivity contribution is 5.26. The zero-order chi connectivity index (χ0) is 9.80. The van der Waals surface area contributed by atoms with Gasteiger partial charge in [-0.2, -0.15) is 0 Å². The minimum absolute atomic E-state index is 0.796. The van der Waals surface area contributed by atoms with Crippen LogP contribution in [0.3, 0.4) is 0 Å². The van der Waals surface area contributed by atoms with E-state index in [-0.39, 0.29) is 0 Å². The Kier molecular flexibility index (Phi) is 2.44. The van der Waals surface area contributed by atoms with E-state index in [1.54, 1.807) is 12.4 Å². The van der Waals surface area contributed by atoms with Gasteiger partial charge in [0.05, 0.1) is 6.54 Å². The SMILES string of the molecule is CNc1nccn1Cc1cccnc1. The standard InChI is InChI=1S/C10H12N4/c1-11-10-13-5-6-14(10)8-9-3-2-4-12-7-9/h2-7H,8H2,1H3,(H,11,13). The Morgan fingerprint density at radius 3 is 3.07 bits per heavy atom. The summed E-state index contributed by atoms with van der Waals surface area (Å²) < 4.78 is 2.04. The van der Waals surface area contributed by atoms with Crippen LogP contribution >= 0.6 is 0 Å². The van der Waals surface area contributed by atoms with Crippen molar-refractivity contribution in [3.05, 3.63) is 42.5 Å². The lowest BCUT2D eigenvalue weighted by Gasteiger charge is -2.06. The highest BCUT2D eigenvalue weighted by Crippen LogP contribution is 2.07. The maximum absolute atomic E-state index is 4.16. The van der Waals surface area contributed by atoms with Crippen LogP contribution in [0.5, 0.6) is 0 Å². The molecule has 0 bridgehead atoms. The molecule has 2 heterocycles. The molecule has 14 heavy (non-hydrogen) atoms. The molecular formula is C10H12N4. The second-order valence-corrected chi connectivity index (χ2v) is 2.99. The number of imidazole rings is 1. The first kappa shape index (κ1) is 8.74. The smallest absolute Gasteiger partial charge is 0.202 e. The number of aromatic nitrogens is 3. The molecule has 0 amide bonds. The summed E-state index contributed by atoms with van der Waals surface area (Å²) >= 11 is 0. The average molecular weight is 188 g/mol. The summed E-state index contributed by atoms with van der Waals surface area (Å²) in [5, 5.41) is 3.03. The summed E-state index contributed by atoms with van der Waals surface area (Å²) in [6.45, 7) is 0.796. The predicted molar refractivity (Wildman–Crippen MR) is 55.1 cm³/mol. The van der Waals surface area contributed by atoms with Crippen molar-refractivity contribution in [3.8, 4) is 0 Å². The largest absolute Gasteiger partial charge is 0.359 e. The number of anilines is 1. The highest BCUT2D eigenvalue weighted by Gasteiger charge is 2.00. The van der Waals surface area contributed by atoms with E-state index in [0.717, 1.165) is 12.5 Å². The summed E-state index contributed by atoms with van der Waals surface area (Å²) in [7, 11) is 1.86. The molecule has 2 aromatic rings. The van der Waals surface area contributed by atoms with Gasteiger partial charge in [-0.1, -0.05) is 6.07 Å². The van der Waals surface area contributed by atoms with Crippen LogP contribution in [0.25, 0.3) is 0 Å². The number of rotatable bonds is 3. The van der Waals surface area contributed by atoms with Crippen molar-refractivity contribution in [2.75, 3.05) is 12.4 Å². The van der Waals surface area contributed by atoms with Crippen molar-refractivity contribution in [1.82, 2.24) is 14.5 Å². The second-order valence-electron chi connectivity index (χ2n) is 2.99. The van der Waals surface area contributed by atoms with Gasteiger partial charge < -0.3 is 9.88 Å². The Labute approximate surface area is 82.6 Å². The molecule has 1 N–H and O–H groups in total. The quantitative estimate of drug-likeness (QED) is 0.791. The fourth-order valence-corrected chi connectivity index (χ4v) is 1.35. The van der Waals surface area contributed by atoms with Crippen LogP contribution in [0.4, 0.5) is 5.95 Å². The molecule has 0 unspecified atom stereocenters. The first-order valence-electron chi connectivity index (χ1n) is 4.48. The van der Waals surface area contributed by atoms with Crippen LogP contribution in [0.2, 0.25) is 0 Å². The highest BCUT2D eigenvalue weighted by atomic mass is 15.2. The third-order valence-corrected chi connectivity index (χ3v) is 2.01. The van der Waals surface area contributed by atoms with E-state index in [0.29, 0.717) is 0 Å². The zero-order valence-electron chi connectivity index (χ0n) is 8.01. The van der Waals surface area contributed by atoms with Crippen LogP contribution in [-0.2, 0) is 6.54 Å². The number of hydrogen-bond acceptors (Lipinski definition) is 3. The van der Waals surface area contributed by atoms with E-state index in [1.165, 1.54) is 5.56 Å². The first-order valence-corrected chi connectivity index (χ1v) is 4.48. The van der Waals surface area contributed by atoms with Gasteiger partial charge in [-0.3, -0.25) is 4.98 Å². The molecule has 0 aliphatic heterocycles. The van der Waals surface area contributed by atoms with Crippen molar-refractivity contribution in [2.24, 2.45) is 0 Å². The molecule has 0 aliphatic carbocycles. The minimum Gasteiger partial charge on any atom is -0.359 e. The predicted octanol–water partition coefficient (Wildman–Crippen LogP) is 1.37. The summed E-state index contributed by atoms with van der Waals surface area (Å²) in [5.74, 6) is 0.869. The Bertz CT molecular complexity index is 394. The van der Waals surface area contributed by atoms with Crippen LogP contribution in [0.15, 0.2) is 36.9 Å². The van der Waals surface area contributed by atoms with Gasteiger partial charge in [0.2, 0.25) is 5.95 Å². The van der Waals surface area contributed by atoms with Gasteiger partial charge in [-0.25, -0.2) is 4.98 Å². The van der Waals surface area contributed by atoms with Crippen molar-refractivity contribution in [2.45, 2.75) is 6.54 Å². The third-order valence-electron chi connectivity index (χ3n) is 2.01. The molecule has 0 radical (unpaired) electrons. The van der Waals surface area contributed by atoms with E-state index < -0.39 is 0 Å². The molecular weight excluding hydrogens is 176 g/mol. The van der Waals surface area contributed by atoms with E-state index >= 15 is 0 Å². The average Bonchev–Trinajstić information content (AvgIpc) is 2.67. The lowest BCUT2D eigenvalue weighted by atomic mass is 10.3. The minimum atomic E-state index is 0.796. The van der Waals surface area contributed by atoms with Crippen LogP contribution < -0.4 is 5.32 Å². The molecule has 2 aromatic heterocycles. The van der Waals surface area contributed by atoms with Crippen molar-refractivity contribution in [1.29, 1.82) is 0 Å². The third kappa shape index (κ3) is 1.74. The maximum atomic E-state index is 4.16. The summed E-state index contributed by atoms with van der Waals surface area (Å²) in [6.07, 6.45) is 7.36. The molecule has 0 saturated carbocycles. The number of pyridine rings is 1. The Balaban J connectivity index is 2.19. The molecule has 0 aliphatic rings. The Hall–Kier alpha value is -1.84. The Morgan fingerprint density at radius 2 is 2.36 bits per heavy atom. The van der Waals surface area contributed by atoms with Gasteiger partial charge in [0, 0.05) is 31.8 Å². The van der Waals surface area contributed by atoms with E-state index in [1.807, 2.05) is 36.1 Å². The van der Waals surface area contributed by atoms with Crippen LogP contribution in [0.1, 0.15) is 5.56 Å². The fraction of sp³-hybridized carbons (Fsp3) is 0.200. The van der Waals surface area contributed by atoms with Gasteiger partial charge in [0.25, 0.3) is 0 Å². The summed E-state index contributed by atoms with van der Waals surface area (Å²) in [6, 6.07) is 3.98. The lowest BCUT2D eigenvalue weighted by molar-refractivity contribution is 0.801. The normalized spacial score (nSPS) is 10.1. The molecule has 0 aromatic carbocycles. The lowest BCUT2D eigenvalue weighted by Crippen LogP contribution is -2.04. The zero-order valence-corrected chi connectivity index (χ0v) is 8.01. The van der Waals surface area contributed by atoms with Crippen LogP contribution in [-0.4, -0.2) is 21.6 Å². The van der Waals surface area contributed by atoms with Crippen LogP contribution in [0, 0.1) is 0 Å². The molecule has 2 rings (SSSR count). The van der Waals surface area contributed by atoms with Crippen molar-refractivity contribution >= 4 is 5.95 Å². The summed E-state index contributed by atoms with van der Waals surface area (Å²) in [5.41, 5.74) is 1.17. The van der Waals surface area contributed by atoms with Crippen molar-refractivity contribution in [3.63, 3.8) is 0 Å². The number of hydrogen-bond donors (Lipinski definition) is 1. The van der Waals surface area contributed by atoms with E-state index in [9.17, 15) is 0 Å². The first-order chi connectivity index (χ1) is 6.90. The van der Waals surface area contributed by atoms with Gasteiger partial charge in [0.1, 0.15) is 0 Å². The maximum Gasteiger partial charge on any atom is 0.202 e. The van der Waals surface area contributed by atoms with Gasteiger partial charge in [-0.15, -0.1) is 0 Å². The molecule has 0 saturated heterocycles. The fourth-order valence-electron chi connectivity index (χ4n) is 1.35. The summed E-state index contributed by atoms with van der Waals surface area (Å²) in [4.78, 5) is 8.23. The monoisotopic (exact) mass is 188 g/mol. The number of nitrogens with zero attached hydrogens (tertiary/aromatic N) is 3. The Morgan fingerprint density at radius 1 is 1.43 bits per heavy atom. The van der Waals surface area contributed by atoms with E-state index in [4.69, 9.17) is 0 Å². The van der Waals surface area contributed by atoms with Gasteiger partial charge in [0.15, 0.2) is 0 Å². The molecule has 4 nitrogen and oxygen atoms in total. The topological polar surface area (TPSA) is 42.7 Å². The molecule has 0 fully saturated rings. The van der Waals surface area contributed by atoms with Gasteiger partial charge >= 0.3 is 0 Å². The van der Waals surface area contributed by atoms with Gasteiger partial charge in [-0.05, 0) is 11.6 Å². The molecule has 4 heteroatoms. The second kappa shape index (κ2) is 3.91. The molecule has 72 valence electrons. The van der Waals surface area contributed by atoms with Crippen molar-refractivity contribution < 1.29 is 0 Å². The molecule has 0 spiro atoms. The molecule has 0 atom stereocenters. The van der Waals surface area contributed by atoms with E-state index in [2.05, 4.69) is 15.3 Å². The number of nitrogens with one attached hydrogen (secondary N) is 1.